The fraction of sp³-hybridized carbons (Fsp3) is 0.333. The molecule has 4 N–H and O–H groups in total. The van der Waals surface area contributed by atoms with Crippen LogP contribution in [-0.4, -0.2) is 42.0 Å². The number of hydrogen-bond acceptors (Lipinski definition) is 4. The van der Waals surface area contributed by atoms with Gasteiger partial charge in [-0.05, 0) is 24.6 Å². The minimum atomic E-state index is -1.63. The van der Waals surface area contributed by atoms with Crippen molar-refractivity contribution in [3.63, 3.8) is 0 Å². The molecule has 0 aliphatic rings. The minimum Gasteiger partial charge on any atom is -0.495 e. The molecule has 1 aromatic rings. The molecule has 0 aromatic heterocycles. The number of ether oxygens (including phenoxy) is 1. The molecule has 0 fully saturated rings. The van der Waals surface area contributed by atoms with Crippen LogP contribution in [0, 0.1) is 6.92 Å². The van der Waals surface area contributed by atoms with Gasteiger partial charge in [-0.1, -0.05) is 6.07 Å². The molecule has 1 aromatic carbocycles. The van der Waals surface area contributed by atoms with E-state index in [2.05, 4.69) is 10.6 Å². The smallest absolute Gasteiger partial charge is 0.334 e. The highest BCUT2D eigenvalue weighted by Gasteiger charge is 2.14. The van der Waals surface area contributed by atoms with Gasteiger partial charge in [0, 0.05) is 0 Å². The summed E-state index contributed by atoms with van der Waals surface area (Å²) in [6, 6.07) is 4.63. The van der Waals surface area contributed by atoms with Gasteiger partial charge in [-0.25, -0.2) is 9.59 Å². The number of carboxylic acids is 1. The second kappa shape index (κ2) is 6.60. The topological polar surface area (TPSA) is 108 Å². The van der Waals surface area contributed by atoms with Crippen LogP contribution in [-0.2, 0) is 4.79 Å². The second-order valence-corrected chi connectivity index (χ2v) is 3.89. The van der Waals surface area contributed by atoms with Crippen LogP contribution in [0.5, 0.6) is 5.75 Å². The van der Waals surface area contributed by atoms with E-state index in [0.29, 0.717) is 11.4 Å². The molecule has 104 valence electrons. The highest BCUT2D eigenvalue weighted by Crippen LogP contribution is 2.24. The van der Waals surface area contributed by atoms with Gasteiger partial charge in [0.2, 0.25) is 0 Å². The van der Waals surface area contributed by atoms with Crippen LogP contribution in [0.4, 0.5) is 10.5 Å². The Bertz CT molecular complexity index is 475. The lowest BCUT2D eigenvalue weighted by atomic mass is 10.2. The Kier molecular flexibility index (Phi) is 5.13. The third-order valence-electron chi connectivity index (χ3n) is 2.34. The number of carbonyl (C=O) groups is 2. The van der Waals surface area contributed by atoms with Gasteiger partial charge < -0.3 is 25.6 Å². The maximum Gasteiger partial charge on any atom is 0.334 e. The van der Waals surface area contributed by atoms with Crippen LogP contribution in [0.3, 0.4) is 0 Å². The number of benzene rings is 1. The molecule has 0 aliphatic carbocycles. The summed E-state index contributed by atoms with van der Waals surface area (Å²) < 4.78 is 5.08. The van der Waals surface area contributed by atoms with Crippen molar-refractivity contribution in [3.8, 4) is 5.75 Å². The number of carbonyl (C=O) groups excluding carboxylic acids is 1. The first-order valence-corrected chi connectivity index (χ1v) is 5.54. The van der Waals surface area contributed by atoms with Crippen molar-refractivity contribution >= 4 is 17.7 Å². The van der Waals surface area contributed by atoms with E-state index >= 15 is 0 Å². The lowest BCUT2D eigenvalue weighted by Crippen LogP contribution is -2.38. The average Bonchev–Trinajstić information content (AvgIpc) is 2.36. The summed E-state index contributed by atoms with van der Waals surface area (Å²) in [7, 11) is 1.47. The number of hydrogen-bond donors (Lipinski definition) is 4. The summed E-state index contributed by atoms with van der Waals surface area (Å²) >= 11 is 0. The number of methoxy groups -OCH3 is 1. The van der Waals surface area contributed by atoms with E-state index in [9.17, 15) is 9.59 Å². The summed E-state index contributed by atoms with van der Waals surface area (Å²) in [6.45, 7) is 1.48. The van der Waals surface area contributed by atoms with Gasteiger partial charge in [-0.3, -0.25) is 0 Å². The number of anilines is 1. The predicted octanol–water partition coefficient (Wildman–Crippen LogP) is 0.571. The van der Waals surface area contributed by atoms with Crippen LogP contribution < -0.4 is 15.4 Å². The van der Waals surface area contributed by atoms with Crippen molar-refractivity contribution in [2.45, 2.75) is 13.0 Å². The zero-order chi connectivity index (χ0) is 14.4. The number of rotatable bonds is 5. The van der Waals surface area contributed by atoms with Gasteiger partial charge in [-0.2, -0.15) is 0 Å². The monoisotopic (exact) mass is 268 g/mol. The van der Waals surface area contributed by atoms with Crippen LogP contribution in [0.25, 0.3) is 0 Å². The zero-order valence-corrected chi connectivity index (χ0v) is 10.6. The van der Waals surface area contributed by atoms with E-state index < -0.39 is 18.1 Å². The van der Waals surface area contributed by atoms with Crippen molar-refractivity contribution in [2.24, 2.45) is 0 Å². The standard InChI is InChI=1S/C12H16N2O5/c1-7-3-4-10(19-2)8(5-7)14-12(18)13-6-9(15)11(16)17/h3-5,9,15H,6H2,1-2H3,(H,16,17)(H2,13,14,18)/t9-/m0/s1. The van der Waals surface area contributed by atoms with Gasteiger partial charge in [0.25, 0.3) is 0 Å². The van der Waals surface area contributed by atoms with E-state index in [1.807, 2.05) is 13.0 Å². The third kappa shape index (κ3) is 4.47. The first-order valence-electron chi connectivity index (χ1n) is 5.54. The third-order valence-corrected chi connectivity index (χ3v) is 2.34. The van der Waals surface area contributed by atoms with Crippen LogP contribution in [0.1, 0.15) is 5.56 Å². The molecule has 2 amide bonds. The number of nitrogens with one attached hydrogen (secondary N) is 2. The molecule has 7 nitrogen and oxygen atoms in total. The Morgan fingerprint density at radius 2 is 2.11 bits per heavy atom. The van der Waals surface area contributed by atoms with Gasteiger partial charge >= 0.3 is 12.0 Å². The zero-order valence-electron chi connectivity index (χ0n) is 10.6. The minimum absolute atomic E-state index is 0.380. The van der Waals surface area contributed by atoms with Gasteiger partial charge in [-0.15, -0.1) is 0 Å². The van der Waals surface area contributed by atoms with Crippen molar-refractivity contribution in [2.75, 3.05) is 19.0 Å². The van der Waals surface area contributed by atoms with E-state index in [4.69, 9.17) is 14.9 Å². The molecule has 0 unspecified atom stereocenters. The summed E-state index contributed by atoms with van der Waals surface area (Å²) in [5.41, 5.74) is 1.39. The van der Waals surface area contributed by atoms with E-state index in [-0.39, 0.29) is 6.54 Å². The fourth-order valence-electron chi connectivity index (χ4n) is 1.36. The maximum absolute atomic E-state index is 11.5. The molecule has 0 saturated heterocycles. The Balaban J connectivity index is 2.62. The van der Waals surface area contributed by atoms with E-state index in [1.54, 1.807) is 12.1 Å². The highest BCUT2D eigenvalue weighted by atomic mass is 16.5. The molecule has 7 heteroatoms. The largest absolute Gasteiger partial charge is 0.495 e. The number of carboxylic acid groups (broad SMARTS) is 1. The van der Waals surface area contributed by atoms with Gasteiger partial charge in [0.1, 0.15) is 5.75 Å². The summed E-state index contributed by atoms with van der Waals surface area (Å²) in [5.74, 6) is -0.909. The molecular formula is C12H16N2O5. The molecule has 0 aliphatic heterocycles. The average molecular weight is 268 g/mol. The highest BCUT2D eigenvalue weighted by molar-refractivity contribution is 5.91. The SMILES string of the molecule is COc1ccc(C)cc1NC(=O)NC[C@H](O)C(=O)O. The predicted molar refractivity (Wildman–Crippen MR) is 68.4 cm³/mol. The number of urea groups is 1. The number of aliphatic hydroxyl groups excluding tert-OH is 1. The first kappa shape index (κ1) is 14.8. The summed E-state index contributed by atoms with van der Waals surface area (Å²) in [5, 5.41) is 22.2. The van der Waals surface area contributed by atoms with Crippen molar-refractivity contribution in [1.82, 2.24) is 5.32 Å². The molecule has 0 saturated carbocycles. The second-order valence-electron chi connectivity index (χ2n) is 3.89. The molecule has 1 rings (SSSR count). The summed E-state index contributed by atoms with van der Waals surface area (Å²) in [4.78, 5) is 21.9. The van der Waals surface area contributed by atoms with Crippen molar-refractivity contribution in [3.05, 3.63) is 23.8 Å². The Morgan fingerprint density at radius 1 is 1.42 bits per heavy atom. The molecule has 0 heterocycles. The number of aryl methyl sites for hydroxylation is 1. The fourth-order valence-corrected chi connectivity index (χ4v) is 1.36. The molecule has 0 bridgehead atoms. The first-order chi connectivity index (χ1) is 8.93. The van der Waals surface area contributed by atoms with Crippen molar-refractivity contribution in [1.29, 1.82) is 0 Å². The van der Waals surface area contributed by atoms with Crippen molar-refractivity contribution < 1.29 is 24.5 Å². The van der Waals surface area contributed by atoms with E-state index in [1.165, 1.54) is 7.11 Å². The van der Waals surface area contributed by atoms with E-state index in [0.717, 1.165) is 5.56 Å². The number of aliphatic carboxylic acids is 1. The summed E-state index contributed by atoms with van der Waals surface area (Å²) in [6.07, 6.45) is -1.63. The normalized spacial score (nSPS) is 11.5. The lowest BCUT2D eigenvalue weighted by molar-refractivity contribution is -0.146. The molecule has 0 radical (unpaired) electrons. The quantitative estimate of drug-likeness (QED) is 0.624. The molecule has 0 spiro atoms. The Morgan fingerprint density at radius 3 is 2.68 bits per heavy atom. The number of aliphatic hydroxyl groups is 1. The Hall–Kier alpha value is -2.28. The maximum atomic E-state index is 11.5. The van der Waals surface area contributed by atoms with Crippen LogP contribution in [0.15, 0.2) is 18.2 Å². The van der Waals surface area contributed by atoms with Gasteiger partial charge in [0.05, 0.1) is 19.3 Å². The van der Waals surface area contributed by atoms with Gasteiger partial charge in [0.15, 0.2) is 6.10 Å². The van der Waals surface area contributed by atoms with Crippen LogP contribution >= 0.6 is 0 Å². The number of amides is 2. The molecule has 1 atom stereocenters. The molecular weight excluding hydrogens is 252 g/mol. The Labute approximate surface area is 110 Å². The molecule has 19 heavy (non-hydrogen) atoms. The lowest BCUT2D eigenvalue weighted by Gasteiger charge is -2.12. The van der Waals surface area contributed by atoms with Crippen LogP contribution in [0.2, 0.25) is 0 Å².